The molecule has 23 heavy (non-hydrogen) atoms. The molecule has 0 bridgehead atoms. The second-order valence-electron chi connectivity index (χ2n) is 4.75. The topological polar surface area (TPSA) is 93.3 Å². The minimum Gasteiger partial charge on any atom is -0.497 e. The molecule has 3 aromatic rings. The van der Waals surface area contributed by atoms with Gasteiger partial charge in [-0.05, 0) is 30.3 Å². The van der Waals surface area contributed by atoms with Crippen molar-refractivity contribution in [2.45, 2.75) is 4.90 Å². The molecule has 0 aliphatic carbocycles. The molecule has 2 N–H and O–H groups in total. The standard InChI is InChI=1S/C15H15N3O4S/c1-21-10-3-5-13(15(7-10)22-2)18-23(19,20)11-4-6-12-14(8-11)17-9-16-12/h3-9,18H,1-2H3,(H,16,17). The van der Waals surface area contributed by atoms with Crippen LogP contribution in [-0.4, -0.2) is 32.6 Å². The summed E-state index contributed by atoms with van der Waals surface area (Å²) in [5, 5.41) is 0. The second kappa shape index (κ2) is 5.81. The highest BCUT2D eigenvalue weighted by atomic mass is 32.2. The fourth-order valence-corrected chi connectivity index (χ4v) is 3.26. The minimum absolute atomic E-state index is 0.132. The Hall–Kier alpha value is -2.74. The van der Waals surface area contributed by atoms with Crippen molar-refractivity contribution in [1.29, 1.82) is 0 Å². The van der Waals surface area contributed by atoms with Gasteiger partial charge >= 0.3 is 0 Å². The second-order valence-corrected chi connectivity index (χ2v) is 6.44. The summed E-state index contributed by atoms with van der Waals surface area (Å²) in [6.07, 6.45) is 1.51. The quantitative estimate of drug-likeness (QED) is 0.748. The predicted octanol–water partition coefficient (Wildman–Crippen LogP) is 2.38. The van der Waals surface area contributed by atoms with Gasteiger partial charge in [0.25, 0.3) is 10.0 Å². The van der Waals surface area contributed by atoms with Crippen LogP contribution in [-0.2, 0) is 10.0 Å². The number of imidazole rings is 1. The summed E-state index contributed by atoms with van der Waals surface area (Å²) >= 11 is 0. The van der Waals surface area contributed by atoms with Crippen LogP contribution in [0.2, 0.25) is 0 Å². The first-order valence-corrected chi connectivity index (χ1v) is 8.20. The number of aromatic amines is 1. The molecule has 8 heteroatoms. The van der Waals surface area contributed by atoms with E-state index in [1.807, 2.05) is 0 Å². The minimum atomic E-state index is -3.75. The van der Waals surface area contributed by atoms with Gasteiger partial charge in [0.05, 0.1) is 42.2 Å². The van der Waals surface area contributed by atoms with Crippen LogP contribution < -0.4 is 14.2 Å². The predicted molar refractivity (Wildman–Crippen MR) is 86.4 cm³/mol. The molecule has 7 nitrogen and oxygen atoms in total. The van der Waals surface area contributed by atoms with Crippen molar-refractivity contribution >= 4 is 26.7 Å². The third-order valence-corrected chi connectivity index (χ3v) is 4.72. The van der Waals surface area contributed by atoms with E-state index in [-0.39, 0.29) is 4.90 Å². The van der Waals surface area contributed by atoms with E-state index < -0.39 is 10.0 Å². The third-order valence-electron chi connectivity index (χ3n) is 3.36. The van der Waals surface area contributed by atoms with Crippen LogP contribution in [0.15, 0.2) is 47.6 Å². The number of nitrogens with one attached hydrogen (secondary N) is 2. The average Bonchev–Trinajstić information content (AvgIpc) is 3.02. The van der Waals surface area contributed by atoms with Crippen molar-refractivity contribution in [3.8, 4) is 11.5 Å². The molecule has 0 unspecified atom stereocenters. The van der Waals surface area contributed by atoms with Gasteiger partial charge in [0.2, 0.25) is 0 Å². The molecule has 0 amide bonds. The maximum absolute atomic E-state index is 12.6. The van der Waals surface area contributed by atoms with E-state index in [1.54, 1.807) is 24.3 Å². The number of ether oxygens (including phenoxy) is 2. The first-order chi connectivity index (χ1) is 11.0. The molecule has 0 fully saturated rings. The highest BCUT2D eigenvalue weighted by Gasteiger charge is 2.17. The summed E-state index contributed by atoms with van der Waals surface area (Å²) in [7, 11) is -0.766. The van der Waals surface area contributed by atoms with Crippen molar-refractivity contribution in [2.24, 2.45) is 0 Å². The zero-order chi connectivity index (χ0) is 16.4. The highest BCUT2D eigenvalue weighted by molar-refractivity contribution is 7.92. The van der Waals surface area contributed by atoms with E-state index in [9.17, 15) is 8.42 Å². The number of rotatable bonds is 5. The maximum atomic E-state index is 12.6. The number of hydrogen-bond donors (Lipinski definition) is 2. The maximum Gasteiger partial charge on any atom is 0.262 e. The van der Waals surface area contributed by atoms with Gasteiger partial charge in [0, 0.05) is 6.07 Å². The normalized spacial score (nSPS) is 11.4. The Morgan fingerprint density at radius 1 is 1.09 bits per heavy atom. The lowest BCUT2D eigenvalue weighted by molar-refractivity contribution is 0.395. The van der Waals surface area contributed by atoms with Crippen LogP contribution in [0.25, 0.3) is 11.0 Å². The molecule has 0 radical (unpaired) electrons. The Kier molecular flexibility index (Phi) is 3.83. The molecule has 2 aromatic carbocycles. The molecule has 0 atom stereocenters. The highest BCUT2D eigenvalue weighted by Crippen LogP contribution is 2.31. The first kappa shape index (κ1) is 15.2. The van der Waals surface area contributed by atoms with Crippen LogP contribution in [0, 0.1) is 0 Å². The lowest BCUT2D eigenvalue weighted by atomic mass is 10.3. The third kappa shape index (κ3) is 2.93. The fourth-order valence-electron chi connectivity index (χ4n) is 2.17. The van der Waals surface area contributed by atoms with E-state index in [0.29, 0.717) is 28.2 Å². The Morgan fingerprint density at radius 3 is 2.65 bits per heavy atom. The number of aromatic nitrogens is 2. The molecule has 1 aromatic heterocycles. The van der Waals surface area contributed by atoms with Crippen LogP contribution in [0.5, 0.6) is 11.5 Å². The summed E-state index contributed by atoms with van der Waals surface area (Å²) in [6, 6.07) is 9.52. The average molecular weight is 333 g/mol. The molecule has 0 saturated carbocycles. The summed E-state index contributed by atoms with van der Waals surface area (Å²) < 4.78 is 37.9. The molecular formula is C15H15N3O4S. The van der Waals surface area contributed by atoms with Crippen molar-refractivity contribution in [3.63, 3.8) is 0 Å². The number of hydrogen-bond acceptors (Lipinski definition) is 5. The van der Waals surface area contributed by atoms with Crippen molar-refractivity contribution < 1.29 is 17.9 Å². The molecule has 0 saturated heterocycles. The number of fused-ring (bicyclic) bond motifs is 1. The number of sulfonamides is 1. The SMILES string of the molecule is COc1ccc(NS(=O)(=O)c2ccc3nc[nH]c3c2)c(OC)c1. The zero-order valence-electron chi connectivity index (χ0n) is 12.5. The van der Waals surface area contributed by atoms with Gasteiger partial charge < -0.3 is 14.5 Å². The largest absolute Gasteiger partial charge is 0.497 e. The number of anilines is 1. The van der Waals surface area contributed by atoms with Gasteiger partial charge in [-0.3, -0.25) is 4.72 Å². The molecule has 3 rings (SSSR count). The van der Waals surface area contributed by atoms with Crippen LogP contribution in [0.1, 0.15) is 0 Å². The molecule has 0 aliphatic heterocycles. The van der Waals surface area contributed by atoms with Crippen LogP contribution in [0.3, 0.4) is 0 Å². The number of benzene rings is 2. The van der Waals surface area contributed by atoms with Gasteiger partial charge in [-0.2, -0.15) is 0 Å². The number of nitrogens with zero attached hydrogens (tertiary/aromatic N) is 1. The Labute approximate surface area is 133 Å². The summed E-state index contributed by atoms with van der Waals surface area (Å²) in [6.45, 7) is 0. The van der Waals surface area contributed by atoms with Crippen LogP contribution in [0.4, 0.5) is 5.69 Å². The summed E-state index contributed by atoms with van der Waals surface area (Å²) in [5.74, 6) is 0.944. The smallest absolute Gasteiger partial charge is 0.262 e. The fraction of sp³-hybridized carbons (Fsp3) is 0.133. The molecule has 0 aliphatic rings. The van der Waals surface area contributed by atoms with Crippen molar-refractivity contribution in [3.05, 3.63) is 42.7 Å². The summed E-state index contributed by atoms with van der Waals surface area (Å²) in [4.78, 5) is 7.09. The van der Waals surface area contributed by atoms with Crippen molar-refractivity contribution in [2.75, 3.05) is 18.9 Å². The Bertz CT molecular complexity index is 950. The van der Waals surface area contributed by atoms with E-state index >= 15 is 0 Å². The number of H-pyrrole nitrogens is 1. The zero-order valence-corrected chi connectivity index (χ0v) is 13.3. The van der Waals surface area contributed by atoms with Gasteiger partial charge in [-0.15, -0.1) is 0 Å². The molecule has 1 heterocycles. The monoisotopic (exact) mass is 333 g/mol. The van der Waals surface area contributed by atoms with Gasteiger partial charge in [0.15, 0.2) is 0 Å². The van der Waals surface area contributed by atoms with E-state index in [0.717, 1.165) is 0 Å². The van der Waals surface area contributed by atoms with E-state index in [2.05, 4.69) is 14.7 Å². The molecular weight excluding hydrogens is 318 g/mol. The van der Waals surface area contributed by atoms with Crippen LogP contribution >= 0.6 is 0 Å². The summed E-state index contributed by atoms with van der Waals surface area (Å²) in [5.41, 5.74) is 1.68. The lowest BCUT2D eigenvalue weighted by Crippen LogP contribution is -2.13. The van der Waals surface area contributed by atoms with E-state index in [1.165, 1.54) is 32.7 Å². The molecule has 0 spiro atoms. The van der Waals surface area contributed by atoms with Gasteiger partial charge in [-0.1, -0.05) is 0 Å². The molecule has 120 valence electrons. The van der Waals surface area contributed by atoms with Gasteiger partial charge in [0.1, 0.15) is 11.5 Å². The van der Waals surface area contributed by atoms with E-state index in [4.69, 9.17) is 9.47 Å². The lowest BCUT2D eigenvalue weighted by Gasteiger charge is -2.13. The number of methoxy groups -OCH3 is 2. The Morgan fingerprint density at radius 2 is 1.91 bits per heavy atom. The van der Waals surface area contributed by atoms with Crippen molar-refractivity contribution in [1.82, 2.24) is 9.97 Å². The first-order valence-electron chi connectivity index (χ1n) is 6.71. The Balaban J connectivity index is 1.97. The van der Waals surface area contributed by atoms with Gasteiger partial charge in [-0.25, -0.2) is 13.4 Å².